The van der Waals surface area contributed by atoms with Crippen molar-refractivity contribution in [3.8, 4) is 5.69 Å². The van der Waals surface area contributed by atoms with Crippen LogP contribution in [0, 0.1) is 0 Å². The Bertz CT molecular complexity index is 767. The van der Waals surface area contributed by atoms with Gasteiger partial charge in [-0.2, -0.15) is 0 Å². The summed E-state index contributed by atoms with van der Waals surface area (Å²) in [6.07, 6.45) is 1.56. The first kappa shape index (κ1) is 16.7. The highest BCUT2D eigenvalue weighted by Gasteiger charge is 2.29. The van der Waals surface area contributed by atoms with E-state index in [1.54, 1.807) is 35.1 Å². The van der Waals surface area contributed by atoms with Crippen molar-refractivity contribution >= 4 is 35.2 Å². The largest absolute Gasteiger partial charge is 0.342 e. The van der Waals surface area contributed by atoms with Crippen LogP contribution < -0.4 is 10.7 Å². The number of nitrogens with zero attached hydrogens (tertiary/aromatic N) is 4. The van der Waals surface area contributed by atoms with Gasteiger partial charge >= 0.3 is 0 Å². The van der Waals surface area contributed by atoms with E-state index >= 15 is 0 Å². The SMILES string of the molecule is CN1CC(NC(=O)CSc2nncn2-c2cccc(Cl)c2)C(=O)N1. The van der Waals surface area contributed by atoms with Crippen molar-refractivity contribution in [1.29, 1.82) is 0 Å². The van der Waals surface area contributed by atoms with Crippen LogP contribution in [0.25, 0.3) is 5.69 Å². The topological polar surface area (TPSA) is 92.2 Å². The minimum atomic E-state index is -0.533. The molecule has 2 N–H and O–H groups in total. The van der Waals surface area contributed by atoms with Crippen molar-refractivity contribution < 1.29 is 9.59 Å². The van der Waals surface area contributed by atoms with E-state index < -0.39 is 6.04 Å². The molecule has 1 aromatic heterocycles. The molecule has 8 nitrogen and oxygen atoms in total. The van der Waals surface area contributed by atoms with Crippen molar-refractivity contribution in [2.24, 2.45) is 0 Å². The van der Waals surface area contributed by atoms with Gasteiger partial charge in [0.15, 0.2) is 5.16 Å². The number of nitrogens with one attached hydrogen (secondary N) is 2. The van der Waals surface area contributed by atoms with E-state index in [0.29, 0.717) is 16.7 Å². The van der Waals surface area contributed by atoms with Gasteiger partial charge in [0.05, 0.1) is 11.4 Å². The maximum atomic E-state index is 12.0. The van der Waals surface area contributed by atoms with Crippen molar-refractivity contribution in [1.82, 2.24) is 30.5 Å². The van der Waals surface area contributed by atoms with Gasteiger partial charge in [0.1, 0.15) is 12.4 Å². The monoisotopic (exact) mass is 366 g/mol. The third-order valence-corrected chi connectivity index (χ3v) is 4.52. The van der Waals surface area contributed by atoms with Crippen LogP contribution in [0.3, 0.4) is 0 Å². The lowest BCUT2D eigenvalue weighted by molar-refractivity contribution is -0.126. The van der Waals surface area contributed by atoms with E-state index in [9.17, 15) is 9.59 Å². The summed E-state index contributed by atoms with van der Waals surface area (Å²) in [5.41, 5.74) is 3.42. The number of halogens is 1. The van der Waals surface area contributed by atoms with Crippen LogP contribution in [0.5, 0.6) is 0 Å². The normalized spacial score (nSPS) is 17.8. The minimum absolute atomic E-state index is 0.132. The number of amides is 2. The average molecular weight is 367 g/mol. The number of benzene rings is 1. The first-order valence-electron chi connectivity index (χ1n) is 7.12. The highest BCUT2D eigenvalue weighted by atomic mass is 35.5. The molecule has 2 aromatic rings. The van der Waals surface area contributed by atoms with Crippen LogP contribution in [0.4, 0.5) is 0 Å². The molecule has 1 aliphatic heterocycles. The van der Waals surface area contributed by atoms with Gasteiger partial charge in [0, 0.05) is 18.6 Å². The van der Waals surface area contributed by atoms with Crippen LogP contribution in [-0.4, -0.2) is 57.0 Å². The summed E-state index contributed by atoms with van der Waals surface area (Å²) >= 11 is 7.23. The molecular formula is C14H15ClN6O2S. The molecule has 1 saturated heterocycles. The van der Waals surface area contributed by atoms with Gasteiger partial charge in [-0.25, -0.2) is 5.01 Å². The Labute approximate surface area is 147 Å². The number of hydrazine groups is 1. The lowest BCUT2D eigenvalue weighted by Crippen LogP contribution is -2.42. The Kier molecular flexibility index (Phi) is 5.03. The van der Waals surface area contributed by atoms with Gasteiger partial charge in [0.2, 0.25) is 5.91 Å². The molecule has 0 saturated carbocycles. The Morgan fingerprint density at radius 3 is 3.08 bits per heavy atom. The Morgan fingerprint density at radius 2 is 2.38 bits per heavy atom. The fourth-order valence-corrected chi connectivity index (χ4v) is 3.20. The Hall–Kier alpha value is -2.10. The maximum Gasteiger partial charge on any atom is 0.258 e. The predicted octanol–water partition coefficient (Wildman–Crippen LogP) is 0.474. The van der Waals surface area contributed by atoms with Crippen LogP contribution >= 0.6 is 23.4 Å². The van der Waals surface area contributed by atoms with E-state index in [2.05, 4.69) is 20.9 Å². The molecular weight excluding hydrogens is 352 g/mol. The number of aromatic nitrogens is 3. The van der Waals surface area contributed by atoms with E-state index in [1.165, 1.54) is 11.8 Å². The summed E-state index contributed by atoms with van der Waals surface area (Å²) in [6, 6.07) is 6.73. The van der Waals surface area contributed by atoms with Gasteiger partial charge in [-0.3, -0.25) is 19.6 Å². The molecule has 24 heavy (non-hydrogen) atoms. The first-order valence-corrected chi connectivity index (χ1v) is 8.49. The summed E-state index contributed by atoms with van der Waals surface area (Å²) in [6.45, 7) is 0.438. The van der Waals surface area contributed by atoms with Crippen molar-refractivity contribution in [2.75, 3.05) is 19.3 Å². The third kappa shape index (κ3) is 3.86. The molecule has 2 amide bonds. The minimum Gasteiger partial charge on any atom is -0.342 e. The number of hydrogen-bond donors (Lipinski definition) is 2. The lowest BCUT2D eigenvalue weighted by Gasteiger charge is -2.10. The lowest BCUT2D eigenvalue weighted by atomic mass is 10.3. The second kappa shape index (κ2) is 7.20. The van der Waals surface area contributed by atoms with Crippen LogP contribution in [0.1, 0.15) is 0 Å². The molecule has 1 aromatic carbocycles. The molecule has 126 valence electrons. The molecule has 1 fully saturated rings. The van der Waals surface area contributed by atoms with Crippen molar-refractivity contribution in [3.63, 3.8) is 0 Å². The van der Waals surface area contributed by atoms with Gasteiger partial charge < -0.3 is 5.32 Å². The number of carbonyl (C=O) groups excluding carboxylic acids is 2. The quantitative estimate of drug-likeness (QED) is 0.747. The van der Waals surface area contributed by atoms with Crippen molar-refractivity contribution in [2.45, 2.75) is 11.2 Å². The second-order valence-corrected chi connectivity index (χ2v) is 6.61. The second-order valence-electron chi connectivity index (χ2n) is 5.23. The summed E-state index contributed by atoms with van der Waals surface area (Å²) in [4.78, 5) is 23.7. The van der Waals surface area contributed by atoms with E-state index in [4.69, 9.17) is 11.6 Å². The van der Waals surface area contributed by atoms with Gasteiger partial charge in [-0.1, -0.05) is 29.4 Å². The smallest absolute Gasteiger partial charge is 0.258 e. The summed E-state index contributed by atoms with van der Waals surface area (Å²) in [5.74, 6) is -0.318. The zero-order valence-corrected chi connectivity index (χ0v) is 14.3. The van der Waals surface area contributed by atoms with Crippen LogP contribution in [0.2, 0.25) is 5.02 Å². The zero-order valence-electron chi connectivity index (χ0n) is 12.8. The van der Waals surface area contributed by atoms with Gasteiger partial charge in [-0.15, -0.1) is 10.2 Å². The number of carbonyl (C=O) groups is 2. The summed E-state index contributed by atoms with van der Waals surface area (Å²) < 4.78 is 1.75. The molecule has 0 aliphatic carbocycles. The molecule has 1 aliphatic rings. The number of thioether (sulfide) groups is 1. The standard InChI is InChI=1S/C14H15ClN6O2S/c1-20-6-11(13(23)19-20)17-12(22)7-24-14-18-16-8-21(14)10-4-2-3-9(15)5-10/h2-5,8,11H,6-7H2,1H3,(H,17,22)(H,19,23). The van der Waals surface area contributed by atoms with Crippen LogP contribution in [0.15, 0.2) is 35.7 Å². The highest BCUT2D eigenvalue weighted by Crippen LogP contribution is 2.21. The number of rotatable bonds is 5. The molecule has 10 heteroatoms. The zero-order chi connectivity index (χ0) is 17.1. The van der Waals surface area contributed by atoms with E-state index in [-0.39, 0.29) is 17.6 Å². The van der Waals surface area contributed by atoms with E-state index in [0.717, 1.165) is 5.69 Å². The molecule has 3 rings (SSSR count). The third-order valence-electron chi connectivity index (χ3n) is 3.34. The van der Waals surface area contributed by atoms with Gasteiger partial charge in [0.25, 0.3) is 5.91 Å². The fraction of sp³-hybridized carbons (Fsp3) is 0.286. The molecule has 0 bridgehead atoms. The summed E-state index contributed by atoms with van der Waals surface area (Å²) in [5, 5.41) is 13.4. The highest BCUT2D eigenvalue weighted by molar-refractivity contribution is 7.99. The van der Waals surface area contributed by atoms with Crippen molar-refractivity contribution in [3.05, 3.63) is 35.6 Å². The van der Waals surface area contributed by atoms with E-state index in [1.807, 2.05) is 12.1 Å². The maximum absolute atomic E-state index is 12.0. The summed E-state index contributed by atoms with van der Waals surface area (Å²) in [7, 11) is 1.74. The van der Waals surface area contributed by atoms with Crippen LogP contribution in [-0.2, 0) is 9.59 Å². The molecule has 1 atom stereocenters. The predicted molar refractivity (Wildman–Crippen MR) is 89.8 cm³/mol. The van der Waals surface area contributed by atoms with Gasteiger partial charge in [-0.05, 0) is 18.2 Å². The molecule has 0 radical (unpaired) electrons. The Balaban J connectivity index is 1.60. The molecule has 1 unspecified atom stereocenters. The first-order chi connectivity index (χ1) is 11.5. The molecule has 2 heterocycles. The fourth-order valence-electron chi connectivity index (χ4n) is 2.27. The number of likely N-dealkylation sites (N-methyl/N-ethyl adjacent to an activating group) is 1. The number of hydrogen-bond acceptors (Lipinski definition) is 6. The Morgan fingerprint density at radius 1 is 1.54 bits per heavy atom. The molecule has 0 spiro atoms. The average Bonchev–Trinajstić information content (AvgIpc) is 3.12.